The Balaban J connectivity index is 1.97. The minimum atomic E-state index is -0.575. The molecule has 3 rings (SSSR count). The van der Waals surface area contributed by atoms with Crippen molar-refractivity contribution in [2.45, 2.75) is 38.1 Å². The fourth-order valence-electron chi connectivity index (χ4n) is 3.54. The second-order valence-corrected chi connectivity index (χ2v) is 6.97. The summed E-state index contributed by atoms with van der Waals surface area (Å²) >= 11 is 5.84. The molecule has 6 heteroatoms. The van der Waals surface area contributed by atoms with Crippen molar-refractivity contribution in [1.82, 2.24) is 5.32 Å². The lowest BCUT2D eigenvalue weighted by molar-refractivity contribution is -0.385. The van der Waals surface area contributed by atoms with Crippen LogP contribution in [0.1, 0.15) is 47.2 Å². The molecule has 2 aromatic carbocycles. The van der Waals surface area contributed by atoms with Gasteiger partial charge < -0.3 is 5.32 Å². The Hall–Kier alpha value is -2.40. The van der Waals surface area contributed by atoms with Gasteiger partial charge in [-0.2, -0.15) is 0 Å². The second kappa shape index (κ2) is 6.84. The van der Waals surface area contributed by atoms with Crippen LogP contribution in [0.5, 0.6) is 0 Å². The van der Waals surface area contributed by atoms with Gasteiger partial charge in [-0.05, 0) is 37.5 Å². The Bertz CT molecular complexity index is 829. The molecule has 0 spiro atoms. The van der Waals surface area contributed by atoms with E-state index in [-0.39, 0.29) is 16.3 Å². The van der Waals surface area contributed by atoms with Gasteiger partial charge in [0.05, 0.1) is 10.5 Å². The van der Waals surface area contributed by atoms with Gasteiger partial charge in [-0.25, -0.2) is 0 Å². The van der Waals surface area contributed by atoms with Crippen LogP contribution in [-0.4, -0.2) is 10.8 Å². The quantitative estimate of drug-likeness (QED) is 0.632. The van der Waals surface area contributed by atoms with Crippen LogP contribution in [0.2, 0.25) is 5.02 Å². The molecule has 0 aromatic heterocycles. The highest BCUT2D eigenvalue weighted by Crippen LogP contribution is 2.39. The third-order valence-corrected chi connectivity index (χ3v) is 5.02. The number of nitrogens with one attached hydrogen (secondary N) is 1. The topological polar surface area (TPSA) is 72.2 Å². The number of halogens is 1. The van der Waals surface area contributed by atoms with Gasteiger partial charge in [0.25, 0.3) is 11.6 Å². The summed E-state index contributed by atoms with van der Waals surface area (Å²) in [5, 5.41) is 14.6. The number of carbonyl (C=O) groups is 1. The SMILES string of the molecule is Cc1cccc(C2(NC(=O)c3ccc(Cl)cc3[N+](=O)[O-])CCCC2)c1. The van der Waals surface area contributed by atoms with Crippen LogP contribution >= 0.6 is 11.6 Å². The zero-order valence-corrected chi connectivity index (χ0v) is 14.7. The Morgan fingerprint density at radius 1 is 1.20 bits per heavy atom. The van der Waals surface area contributed by atoms with Gasteiger partial charge in [0, 0.05) is 11.1 Å². The number of nitrogens with zero attached hydrogens (tertiary/aromatic N) is 1. The van der Waals surface area contributed by atoms with Gasteiger partial charge in [0.1, 0.15) is 5.56 Å². The molecule has 1 aliphatic rings. The maximum absolute atomic E-state index is 12.8. The first-order valence-electron chi connectivity index (χ1n) is 8.25. The van der Waals surface area contributed by atoms with Gasteiger partial charge in [-0.3, -0.25) is 14.9 Å². The van der Waals surface area contributed by atoms with E-state index in [1.54, 1.807) is 0 Å². The summed E-state index contributed by atoms with van der Waals surface area (Å²) in [6, 6.07) is 12.2. The second-order valence-electron chi connectivity index (χ2n) is 6.53. The monoisotopic (exact) mass is 358 g/mol. The Kier molecular flexibility index (Phi) is 4.77. The van der Waals surface area contributed by atoms with Crippen LogP contribution < -0.4 is 5.32 Å². The summed E-state index contributed by atoms with van der Waals surface area (Å²) in [7, 11) is 0. The highest BCUT2D eigenvalue weighted by atomic mass is 35.5. The molecule has 0 bridgehead atoms. The molecule has 2 aromatic rings. The van der Waals surface area contributed by atoms with Crippen molar-refractivity contribution in [1.29, 1.82) is 0 Å². The van der Waals surface area contributed by atoms with E-state index in [9.17, 15) is 14.9 Å². The average Bonchev–Trinajstić information content (AvgIpc) is 3.04. The van der Waals surface area contributed by atoms with Crippen molar-refractivity contribution in [3.05, 3.63) is 74.3 Å². The molecule has 0 radical (unpaired) electrons. The van der Waals surface area contributed by atoms with Crippen LogP contribution in [0.4, 0.5) is 5.69 Å². The predicted octanol–water partition coefficient (Wildman–Crippen LogP) is 4.76. The molecule has 0 saturated heterocycles. The smallest absolute Gasteiger partial charge is 0.283 e. The van der Waals surface area contributed by atoms with Crippen LogP contribution in [0.3, 0.4) is 0 Å². The molecule has 1 fully saturated rings. The van der Waals surface area contributed by atoms with E-state index >= 15 is 0 Å². The first-order chi connectivity index (χ1) is 11.9. The first kappa shape index (κ1) is 17.4. The van der Waals surface area contributed by atoms with Crippen LogP contribution in [-0.2, 0) is 5.54 Å². The zero-order valence-electron chi connectivity index (χ0n) is 13.9. The standard InChI is InChI=1S/C19H19ClN2O3/c1-13-5-4-6-14(11-13)19(9-2-3-10-19)21-18(23)16-8-7-15(20)12-17(16)22(24)25/h4-8,11-12H,2-3,9-10H2,1H3,(H,21,23). The fraction of sp³-hybridized carbons (Fsp3) is 0.316. The number of carbonyl (C=O) groups excluding carboxylic acids is 1. The number of aryl methyl sites for hydroxylation is 1. The van der Waals surface area contributed by atoms with Crippen LogP contribution in [0.25, 0.3) is 0 Å². The van der Waals surface area contributed by atoms with E-state index < -0.39 is 16.4 Å². The Morgan fingerprint density at radius 2 is 1.92 bits per heavy atom. The molecule has 1 aliphatic carbocycles. The van der Waals surface area contributed by atoms with Crippen molar-refractivity contribution in [2.24, 2.45) is 0 Å². The largest absolute Gasteiger partial charge is 0.342 e. The lowest BCUT2D eigenvalue weighted by Crippen LogP contribution is -2.44. The highest BCUT2D eigenvalue weighted by molar-refractivity contribution is 6.31. The normalized spacial score (nSPS) is 15.8. The van der Waals surface area contributed by atoms with Gasteiger partial charge in [0.15, 0.2) is 0 Å². The third kappa shape index (κ3) is 3.51. The van der Waals surface area contributed by atoms with Crippen LogP contribution in [0.15, 0.2) is 42.5 Å². The molecule has 1 amide bonds. The molecular weight excluding hydrogens is 340 g/mol. The third-order valence-electron chi connectivity index (χ3n) is 4.78. The maximum Gasteiger partial charge on any atom is 0.283 e. The number of nitro benzene ring substituents is 1. The molecule has 5 nitrogen and oxygen atoms in total. The van der Waals surface area contributed by atoms with Gasteiger partial charge in [-0.15, -0.1) is 0 Å². The number of hydrogen-bond acceptors (Lipinski definition) is 3. The molecule has 0 unspecified atom stereocenters. The molecule has 25 heavy (non-hydrogen) atoms. The highest BCUT2D eigenvalue weighted by Gasteiger charge is 2.38. The maximum atomic E-state index is 12.8. The van der Waals surface area contributed by atoms with Gasteiger partial charge in [0.2, 0.25) is 0 Å². The van der Waals surface area contributed by atoms with Crippen molar-refractivity contribution < 1.29 is 9.72 Å². The van der Waals surface area contributed by atoms with Crippen LogP contribution in [0, 0.1) is 17.0 Å². The summed E-state index contributed by atoms with van der Waals surface area (Å²) in [5.41, 5.74) is 1.46. The number of nitro groups is 1. The van der Waals surface area contributed by atoms with Gasteiger partial charge in [-0.1, -0.05) is 54.3 Å². The van der Waals surface area contributed by atoms with Crippen molar-refractivity contribution in [2.75, 3.05) is 0 Å². The molecule has 1 saturated carbocycles. The van der Waals surface area contributed by atoms with Crippen molar-refractivity contribution in [3.8, 4) is 0 Å². The molecule has 0 atom stereocenters. The number of rotatable bonds is 4. The number of hydrogen-bond donors (Lipinski definition) is 1. The first-order valence-corrected chi connectivity index (χ1v) is 8.63. The lowest BCUT2D eigenvalue weighted by atomic mass is 9.87. The average molecular weight is 359 g/mol. The number of amides is 1. The minimum absolute atomic E-state index is 0.0355. The van der Waals surface area contributed by atoms with E-state index in [1.165, 1.54) is 18.2 Å². The molecule has 130 valence electrons. The van der Waals surface area contributed by atoms with E-state index in [4.69, 9.17) is 11.6 Å². The minimum Gasteiger partial charge on any atom is -0.342 e. The summed E-state index contributed by atoms with van der Waals surface area (Å²) in [4.78, 5) is 23.5. The fourth-order valence-corrected chi connectivity index (χ4v) is 3.71. The van der Waals surface area contributed by atoms with E-state index in [0.29, 0.717) is 0 Å². The summed E-state index contributed by atoms with van der Waals surface area (Å²) in [6.07, 6.45) is 3.67. The molecule has 1 N–H and O–H groups in total. The van der Waals surface area contributed by atoms with E-state index in [1.807, 2.05) is 25.1 Å². The Labute approximate surface area is 151 Å². The Morgan fingerprint density at radius 3 is 2.56 bits per heavy atom. The molecular formula is C19H19ClN2O3. The molecule has 0 heterocycles. The summed E-state index contributed by atoms with van der Waals surface area (Å²) < 4.78 is 0. The predicted molar refractivity (Wildman–Crippen MR) is 96.9 cm³/mol. The van der Waals surface area contributed by atoms with Crippen molar-refractivity contribution >= 4 is 23.2 Å². The molecule has 0 aliphatic heterocycles. The van der Waals surface area contributed by atoms with Gasteiger partial charge >= 0.3 is 0 Å². The number of benzene rings is 2. The lowest BCUT2D eigenvalue weighted by Gasteiger charge is -2.31. The summed E-state index contributed by atoms with van der Waals surface area (Å²) in [6.45, 7) is 2.01. The van der Waals surface area contributed by atoms with Crippen molar-refractivity contribution in [3.63, 3.8) is 0 Å². The summed E-state index contributed by atoms with van der Waals surface area (Å²) in [5.74, 6) is -0.438. The van der Waals surface area contributed by atoms with E-state index in [0.717, 1.165) is 36.8 Å². The van der Waals surface area contributed by atoms with E-state index in [2.05, 4.69) is 11.4 Å². The zero-order chi connectivity index (χ0) is 18.0.